The Labute approximate surface area is 132 Å². The molecule has 0 saturated carbocycles. The van der Waals surface area contributed by atoms with E-state index in [1.165, 1.54) is 0 Å². The van der Waals surface area contributed by atoms with E-state index in [0.717, 1.165) is 5.69 Å². The molecule has 0 fully saturated rings. The van der Waals surface area contributed by atoms with Crippen molar-refractivity contribution in [3.63, 3.8) is 0 Å². The zero-order valence-corrected chi connectivity index (χ0v) is 12.8. The van der Waals surface area contributed by atoms with Crippen molar-refractivity contribution in [1.29, 1.82) is 0 Å². The van der Waals surface area contributed by atoms with Gasteiger partial charge in [-0.3, -0.25) is 4.79 Å². The maximum Gasteiger partial charge on any atom is 0.266 e. The molecule has 0 aliphatic rings. The molecule has 0 spiro atoms. The third-order valence-corrected chi connectivity index (χ3v) is 3.13. The second kappa shape index (κ2) is 6.35. The van der Waals surface area contributed by atoms with Gasteiger partial charge in [0.15, 0.2) is 11.9 Å². The van der Waals surface area contributed by atoms with Crippen molar-refractivity contribution in [2.75, 3.05) is 5.32 Å². The largest absolute Gasteiger partial charge is 0.463 e. The van der Waals surface area contributed by atoms with Gasteiger partial charge in [-0.05, 0) is 26.0 Å². The van der Waals surface area contributed by atoms with Gasteiger partial charge >= 0.3 is 0 Å². The highest BCUT2D eigenvalue weighted by molar-refractivity contribution is 5.93. The molecule has 0 aliphatic heterocycles. The second-order valence-electron chi connectivity index (χ2n) is 5.01. The Morgan fingerprint density at radius 2 is 2.09 bits per heavy atom. The van der Waals surface area contributed by atoms with E-state index in [0.29, 0.717) is 17.5 Å². The van der Waals surface area contributed by atoms with Crippen LogP contribution in [0.15, 0.2) is 53.2 Å². The summed E-state index contributed by atoms with van der Waals surface area (Å²) in [4.78, 5) is 12.1. The molecule has 1 amide bonds. The Balaban J connectivity index is 1.62. The minimum absolute atomic E-state index is 0.326. The molecule has 0 saturated heterocycles. The van der Waals surface area contributed by atoms with Gasteiger partial charge in [-0.15, -0.1) is 5.10 Å². The van der Waals surface area contributed by atoms with Crippen molar-refractivity contribution in [3.8, 4) is 11.6 Å². The molecule has 7 heteroatoms. The predicted octanol–water partition coefficient (Wildman–Crippen LogP) is 2.57. The van der Waals surface area contributed by atoms with Crippen molar-refractivity contribution in [1.82, 2.24) is 14.9 Å². The molecule has 1 atom stereocenters. The average molecular weight is 312 g/mol. The second-order valence-corrected chi connectivity index (χ2v) is 5.01. The summed E-state index contributed by atoms with van der Waals surface area (Å²) >= 11 is 0. The van der Waals surface area contributed by atoms with Crippen LogP contribution in [0.25, 0.3) is 5.69 Å². The summed E-state index contributed by atoms with van der Waals surface area (Å²) in [6.07, 6.45) is 1.06. The lowest BCUT2D eigenvalue weighted by molar-refractivity contribution is -0.122. The van der Waals surface area contributed by atoms with Crippen LogP contribution < -0.4 is 10.1 Å². The summed E-state index contributed by atoms with van der Waals surface area (Å²) in [5.41, 5.74) is 0.914. The molecule has 0 bridgehead atoms. The average Bonchev–Trinajstić information content (AvgIpc) is 3.17. The van der Waals surface area contributed by atoms with Crippen LogP contribution in [0.3, 0.4) is 0 Å². The SMILES string of the molecule is Cc1cc(NC(=O)[C@@H](C)Oc2ccn(-c3ccccc3)n2)no1. The van der Waals surface area contributed by atoms with Gasteiger partial charge in [0.1, 0.15) is 5.76 Å². The van der Waals surface area contributed by atoms with Gasteiger partial charge in [-0.2, -0.15) is 0 Å². The van der Waals surface area contributed by atoms with Crippen LogP contribution in [0.2, 0.25) is 0 Å². The molecule has 0 radical (unpaired) electrons. The molecule has 2 heterocycles. The highest BCUT2D eigenvalue weighted by Crippen LogP contribution is 2.14. The molecule has 23 heavy (non-hydrogen) atoms. The molecule has 2 aromatic heterocycles. The molecule has 1 aromatic carbocycles. The molecule has 1 N–H and O–H groups in total. The minimum Gasteiger partial charge on any atom is -0.463 e. The highest BCUT2D eigenvalue weighted by Gasteiger charge is 2.17. The number of aromatic nitrogens is 3. The van der Waals surface area contributed by atoms with Gasteiger partial charge in [-0.1, -0.05) is 23.4 Å². The van der Waals surface area contributed by atoms with Crippen LogP contribution in [-0.4, -0.2) is 26.9 Å². The fourth-order valence-electron chi connectivity index (χ4n) is 1.98. The van der Waals surface area contributed by atoms with Gasteiger partial charge < -0.3 is 14.6 Å². The Hall–Kier alpha value is -3.09. The molecule has 0 unspecified atom stereocenters. The minimum atomic E-state index is -0.717. The van der Waals surface area contributed by atoms with E-state index in [1.54, 1.807) is 36.9 Å². The molecule has 7 nitrogen and oxygen atoms in total. The van der Waals surface area contributed by atoms with E-state index >= 15 is 0 Å². The number of amides is 1. The first kappa shape index (κ1) is 14.8. The summed E-state index contributed by atoms with van der Waals surface area (Å²) in [7, 11) is 0. The summed E-state index contributed by atoms with van der Waals surface area (Å²) in [5.74, 6) is 1.02. The van der Waals surface area contributed by atoms with E-state index < -0.39 is 6.10 Å². The first-order chi connectivity index (χ1) is 11.1. The van der Waals surface area contributed by atoms with Gasteiger partial charge in [-0.25, -0.2) is 4.68 Å². The Morgan fingerprint density at radius 1 is 1.30 bits per heavy atom. The van der Waals surface area contributed by atoms with Crippen molar-refractivity contribution in [2.24, 2.45) is 0 Å². The maximum absolute atomic E-state index is 12.1. The van der Waals surface area contributed by atoms with Crippen molar-refractivity contribution in [2.45, 2.75) is 20.0 Å². The predicted molar refractivity (Wildman–Crippen MR) is 83.5 cm³/mol. The molecule has 3 rings (SSSR count). The zero-order chi connectivity index (χ0) is 16.2. The smallest absolute Gasteiger partial charge is 0.266 e. The van der Waals surface area contributed by atoms with Crippen LogP contribution >= 0.6 is 0 Å². The summed E-state index contributed by atoms with van der Waals surface area (Å²) in [6, 6.07) is 13.0. The number of carbonyl (C=O) groups excluding carboxylic acids is 1. The topological polar surface area (TPSA) is 82.2 Å². The number of rotatable bonds is 5. The first-order valence-electron chi connectivity index (χ1n) is 7.14. The number of ether oxygens (including phenoxy) is 1. The number of aryl methyl sites for hydroxylation is 1. The third-order valence-electron chi connectivity index (χ3n) is 3.13. The van der Waals surface area contributed by atoms with Gasteiger partial charge in [0.05, 0.1) is 5.69 Å². The number of anilines is 1. The van der Waals surface area contributed by atoms with Crippen LogP contribution in [0.5, 0.6) is 5.88 Å². The zero-order valence-electron chi connectivity index (χ0n) is 12.8. The van der Waals surface area contributed by atoms with Crippen molar-refractivity contribution in [3.05, 3.63) is 54.4 Å². The van der Waals surface area contributed by atoms with Crippen LogP contribution in [0.4, 0.5) is 5.82 Å². The lowest BCUT2D eigenvalue weighted by atomic mass is 10.3. The Kier molecular flexibility index (Phi) is 4.09. The molecule has 3 aromatic rings. The number of hydrogen-bond acceptors (Lipinski definition) is 5. The first-order valence-corrected chi connectivity index (χ1v) is 7.14. The number of hydrogen-bond donors (Lipinski definition) is 1. The van der Waals surface area contributed by atoms with E-state index in [4.69, 9.17) is 9.26 Å². The fourth-order valence-corrected chi connectivity index (χ4v) is 1.98. The Morgan fingerprint density at radius 3 is 2.78 bits per heavy atom. The van der Waals surface area contributed by atoms with Crippen LogP contribution in [-0.2, 0) is 4.79 Å². The van der Waals surface area contributed by atoms with Crippen LogP contribution in [0.1, 0.15) is 12.7 Å². The number of benzene rings is 1. The molecular formula is C16H16N4O3. The van der Waals surface area contributed by atoms with E-state index in [-0.39, 0.29) is 5.91 Å². The van der Waals surface area contributed by atoms with Gasteiger partial charge in [0, 0.05) is 18.3 Å². The number of carbonyl (C=O) groups is 1. The lowest BCUT2D eigenvalue weighted by Gasteiger charge is -2.11. The summed E-state index contributed by atoms with van der Waals surface area (Å²) in [6.45, 7) is 3.39. The number of nitrogens with zero attached hydrogens (tertiary/aromatic N) is 3. The fraction of sp³-hybridized carbons (Fsp3) is 0.188. The number of nitrogens with one attached hydrogen (secondary N) is 1. The molecular weight excluding hydrogens is 296 g/mol. The van der Waals surface area contributed by atoms with Crippen molar-refractivity contribution < 1.29 is 14.1 Å². The monoisotopic (exact) mass is 312 g/mol. The maximum atomic E-state index is 12.1. The highest BCUT2D eigenvalue weighted by atomic mass is 16.5. The van der Waals surface area contributed by atoms with E-state index in [2.05, 4.69) is 15.6 Å². The summed E-state index contributed by atoms with van der Waals surface area (Å²) in [5, 5.41) is 10.6. The number of para-hydroxylation sites is 1. The van der Waals surface area contributed by atoms with Crippen molar-refractivity contribution >= 4 is 11.7 Å². The van der Waals surface area contributed by atoms with Crippen LogP contribution in [0, 0.1) is 6.92 Å². The quantitative estimate of drug-likeness (QED) is 0.783. The normalized spacial score (nSPS) is 11.9. The van der Waals surface area contributed by atoms with E-state index in [1.807, 2.05) is 30.3 Å². The van der Waals surface area contributed by atoms with Gasteiger partial charge in [0.25, 0.3) is 5.91 Å². The lowest BCUT2D eigenvalue weighted by Crippen LogP contribution is -2.30. The van der Waals surface area contributed by atoms with E-state index in [9.17, 15) is 4.79 Å². The molecule has 118 valence electrons. The summed E-state index contributed by atoms with van der Waals surface area (Å²) < 4.78 is 12.1. The third kappa shape index (κ3) is 3.57. The molecule has 0 aliphatic carbocycles. The Bertz CT molecular complexity index is 795. The van der Waals surface area contributed by atoms with Gasteiger partial charge in [0.2, 0.25) is 5.88 Å². The standard InChI is InChI=1S/C16H16N4O3/c1-11-10-14(19-23-11)17-16(21)12(2)22-15-8-9-20(18-15)13-6-4-3-5-7-13/h3-10,12H,1-2H3,(H,17,19,21)/t12-/m1/s1.